The van der Waals surface area contributed by atoms with Crippen LogP contribution >= 0.6 is 0 Å². The van der Waals surface area contributed by atoms with E-state index >= 15 is 0 Å². The van der Waals surface area contributed by atoms with Gasteiger partial charge in [-0.25, -0.2) is 4.39 Å². The summed E-state index contributed by atoms with van der Waals surface area (Å²) in [6.07, 6.45) is 3.34. The number of amides is 1. The molecule has 25 heavy (non-hydrogen) atoms. The van der Waals surface area contributed by atoms with Gasteiger partial charge in [0, 0.05) is 40.2 Å². The molecule has 2 heterocycles. The van der Waals surface area contributed by atoms with Crippen molar-refractivity contribution in [2.75, 3.05) is 5.32 Å². The predicted molar refractivity (Wildman–Crippen MR) is 91.3 cm³/mol. The number of nitrogens with zero attached hydrogens (tertiary/aromatic N) is 1. The van der Waals surface area contributed by atoms with Crippen molar-refractivity contribution >= 4 is 22.6 Å². The molecule has 3 N–H and O–H groups in total. The molecule has 1 aliphatic carbocycles. The predicted octanol–water partition coefficient (Wildman–Crippen LogP) is 3.32. The summed E-state index contributed by atoms with van der Waals surface area (Å²) >= 11 is 0. The fraction of sp³-hybridized carbons (Fsp3) is 0.333. The van der Waals surface area contributed by atoms with Crippen molar-refractivity contribution in [1.82, 2.24) is 15.5 Å². The highest BCUT2D eigenvalue weighted by molar-refractivity contribution is 5.85. The molecule has 1 saturated carbocycles. The Morgan fingerprint density at radius 2 is 2.20 bits per heavy atom. The molecule has 0 saturated heterocycles. The Hall–Kier alpha value is -2.83. The van der Waals surface area contributed by atoms with Crippen LogP contribution < -0.4 is 10.6 Å². The van der Waals surface area contributed by atoms with Crippen molar-refractivity contribution < 1.29 is 13.7 Å². The largest absolute Gasteiger partial charge is 0.363 e. The van der Waals surface area contributed by atoms with Crippen LogP contribution in [0.4, 0.5) is 10.2 Å². The molecule has 0 radical (unpaired) electrons. The zero-order chi connectivity index (χ0) is 17.4. The van der Waals surface area contributed by atoms with E-state index in [2.05, 4.69) is 20.8 Å². The van der Waals surface area contributed by atoms with Gasteiger partial charge in [0.25, 0.3) is 0 Å². The molecule has 0 atom stereocenters. The summed E-state index contributed by atoms with van der Waals surface area (Å²) in [4.78, 5) is 15.3. The topological polar surface area (TPSA) is 82.9 Å². The second-order valence-electron chi connectivity index (χ2n) is 6.81. The van der Waals surface area contributed by atoms with Gasteiger partial charge in [0.1, 0.15) is 12.1 Å². The number of carbonyl (C=O) groups is 1. The number of aromatic amines is 1. The lowest BCUT2D eigenvalue weighted by Gasteiger charge is -2.08. The number of nitrogens with one attached hydrogen (secondary N) is 3. The molecule has 1 amide bonds. The Labute approximate surface area is 143 Å². The third-order valence-corrected chi connectivity index (χ3v) is 4.73. The Morgan fingerprint density at radius 3 is 2.92 bits per heavy atom. The van der Waals surface area contributed by atoms with E-state index < -0.39 is 0 Å². The minimum atomic E-state index is -0.288. The summed E-state index contributed by atoms with van der Waals surface area (Å²) in [6, 6.07) is 6.80. The average molecular weight is 342 g/mol. The molecular formula is C18H19FN4O2. The molecule has 1 aliphatic rings. The van der Waals surface area contributed by atoms with Crippen LogP contribution in [-0.2, 0) is 17.9 Å². The molecule has 4 rings (SSSR count). The van der Waals surface area contributed by atoms with Crippen molar-refractivity contribution in [3.63, 3.8) is 0 Å². The summed E-state index contributed by atoms with van der Waals surface area (Å²) in [5.74, 6) is 0.348. The number of halogens is 1. The average Bonchev–Trinajstić information content (AvgIpc) is 3.01. The van der Waals surface area contributed by atoms with E-state index in [4.69, 9.17) is 4.52 Å². The molecule has 130 valence electrons. The van der Waals surface area contributed by atoms with Crippen molar-refractivity contribution in [3.8, 4) is 0 Å². The monoisotopic (exact) mass is 342 g/mol. The molecule has 2 aromatic heterocycles. The van der Waals surface area contributed by atoms with Gasteiger partial charge in [0.2, 0.25) is 5.91 Å². The number of benzene rings is 1. The maximum Gasteiger partial charge on any atom is 0.226 e. The van der Waals surface area contributed by atoms with Gasteiger partial charge in [-0.1, -0.05) is 12.1 Å². The third kappa shape index (κ3) is 3.22. The maximum atomic E-state index is 14.3. The Kier molecular flexibility index (Phi) is 3.71. The molecule has 0 aliphatic heterocycles. The molecular weight excluding hydrogens is 323 g/mol. The number of carbonyl (C=O) groups excluding carboxylic acids is 1. The van der Waals surface area contributed by atoms with Gasteiger partial charge in [-0.3, -0.25) is 4.79 Å². The van der Waals surface area contributed by atoms with Gasteiger partial charge in [-0.15, -0.1) is 0 Å². The quantitative estimate of drug-likeness (QED) is 0.642. The van der Waals surface area contributed by atoms with Crippen LogP contribution in [-0.4, -0.2) is 16.0 Å². The van der Waals surface area contributed by atoms with E-state index in [0.29, 0.717) is 24.5 Å². The van der Waals surface area contributed by atoms with E-state index in [0.717, 1.165) is 29.4 Å². The highest BCUT2D eigenvalue weighted by Crippen LogP contribution is 2.45. The van der Waals surface area contributed by atoms with Gasteiger partial charge < -0.3 is 20.1 Å². The fourth-order valence-corrected chi connectivity index (χ4v) is 2.78. The van der Waals surface area contributed by atoms with Gasteiger partial charge in [0.15, 0.2) is 5.82 Å². The molecule has 0 unspecified atom stereocenters. The molecule has 1 aromatic carbocycles. The molecule has 7 heteroatoms. The van der Waals surface area contributed by atoms with Crippen LogP contribution in [0.1, 0.15) is 31.0 Å². The number of hydrogen-bond donors (Lipinski definition) is 3. The van der Waals surface area contributed by atoms with Crippen LogP contribution in [0.15, 0.2) is 35.1 Å². The Bertz CT molecular complexity index is 913. The Morgan fingerprint density at radius 1 is 1.36 bits per heavy atom. The molecule has 1 fully saturated rings. The third-order valence-electron chi connectivity index (χ3n) is 4.73. The molecule has 3 aromatic rings. The molecule has 6 nitrogen and oxygen atoms in total. The van der Waals surface area contributed by atoms with E-state index in [1.165, 1.54) is 12.3 Å². The standard InChI is InChI=1S/C18H19FN4O2/c1-18(3-4-18)17(24)21-10-13-6-11-7-14(19)12(8-15(11)22-13)9-20-16-2-5-25-23-16/h2,5-8,22H,3-4,9-10H2,1H3,(H,20,23)(H,21,24). The number of hydrogen-bond acceptors (Lipinski definition) is 4. The van der Waals surface area contributed by atoms with Gasteiger partial charge >= 0.3 is 0 Å². The zero-order valence-electron chi connectivity index (χ0n) is 13.9. The first-order valence-electron chi connectivity index (χ1n) is 8.26. The first kappa shape index (κ1) is 15.7. The van der Waals surface area contributed by atoms with Crippen molar-refractivity contribution in [1.29, 1.82) is 0 Å². The van der Waals surface area contributed by atoms with Gasteiger partial charge in [-0.05, 0) is 31.0 Å². The van der Waals surface area contributed by atoms with Crippen molar-refractivity contribution in [2.24, 2.45) is 5.41 Å². The van der Waals surface area contributed by atoms with Crippen LogP contribution in [0, 0.1) is 11.2 Å². The first-order chi connectivity index (χ1) is 12.0. The lowest BCUT2D eigenvalue weighted by molar-refractivity contribution is -0.125. The summed E-state index contributed by atoms with van der Waals surface area (Å²) in [5.41, 5.74) is 2.02. The first-order valence-corrected chi connectivity index (χ1v) is 8.26. The number of anilines is 1. The second-order valence-corrected chi connectivity index (χ2v) is 6.81. The van der Waals surface area contributed by atoms with E-state index in [1.807, 2.05) is 13.0 Å². The van der Waals surface area contributed by atoms with Crippen LogP contribution in [0.5, 0.6) is 0 Å². The van der Waals surface area contributed by atoms with Crippen molar-refractivity contribution in [2.45, 2.75) is 32.9 Å². The van der Waals surface area contributed by atoms with Crippen LogP contribution in [0.3, 0.4) is 0 Å². The fourth-order valence-electron chi connectivity index (χ4n) is 2.78. The SMILES string of the molecule is CC1(C(=O)NCc2cc3cc(F)c(CNc4ccon4)cc3[nH]2)CC1. The van der Waals surface area contributed by atoms with Crippen LogP contribution in [0.2, 0.25) is 0 Å². The molecule has 0 bridgehead atoms. The lowest BCUT2D eigenvalue weighted by atomic mass is 10.1. The maximum absolute atomic E-state index is 14.3. The van der Waals surface area contributed by atoms with Crippen molar-refractivity contribution in [3.05, 3.63) is 47.6 Å². The number of fused-ring (bicyclic) bond motifs is 1. The summed E-state index contributed by atoms with van der Waals surface area (Å²) in [5, 5.41) is 10.5. The van der Waals surface area contributed by atoms with E-state index in [-0.39, 0.29) is 17.1 Å². The summed E-state index contributed by atoms with van der Waals surface area (Å²) in [6.45, 7) is 2.69. The van der Waals surface area contributed by atoms with Gasteiger partial charge in [-0.2, -0.15) is 0 Å². The van der Waals surface area contributed by atoms with Gasteiger partial charge in [0.05, 0.1) is 6.54 Å². The highest BCUT2D eigenvalue weighted by Gasteiger charge is 2.44. The summed E-state index contributed by atoms with van der Waals surface area (Å²) < 4.78 is 19.0. The number of aromatic nitrogens is 2. The second kappa shape index (κ2) is 5.91. The zero-order valence-corrected chi connectivity index (χ0v) is 13.9. The smallest absolute Gasteiger partial charge is 0.226 e. The Balaban J connectivity index is 1.47. The number of rotatable bonds is 6. The minimum Gasteiger partial charge on any atom is -0.363 e. The van der Waals surface area contributed by atoms with E-state index in [9.17, 15) is 9.18 Å². The summed E-state index contributed by atoms with van der Waals surface area (Å²) in [7, 11) is 0. The minimum absolute atomic E-state index is 0.0786. The molecule has 0 spiro atoms. The highest BCUT2D eigenvalue weighted by atomic mass is 19.1. The number of H-pyrrole nitrogens is 1. The van der Waals surface area contributed by atoms with Crippen LogP contribution in [0.25, 0.3) is 10.9 Å². The van der Waals surface area contributed by atoms with E-state index in [1.54, 1.807) is 12.1 Å². The lowest BCUT2D eigenvalue weighted by Crippen LogP contribution is -2.29. The normalized spacial score (nSPS) is 15.3.